The van der Waals surface area contributed by atoms with E-state index in [0.717, 1.165) is 28.6 Å². The van der Waals surface area contributed by atoms with Crippen molar-refractivity contribution in [3.05, 3.63) is 130 Å². The van der Waals surface area contributed by atoms with Crippen LogP contribution in [0.4, 0.5) is 34.9 Å². The maximum Gasteiger partial charge on any atom is 0.301 e. The minimum Gasteiger partial charge on any atom is -0.393 e. The van der Waals surface area contributed by atoms with Crippen molar-refractivity contribution in [3.8, 4) is 11.1 Å². The summed E-state index contributed by atoms with van der Waals surface area (Å²) in [5, 5.41) is 12.2. The van der Waals surface area contributed by atoms with Crippen molar-refractivity contribution < 1.29 is 45.5 Å². The predicted octanol–water partition coefficient (Wildman–Crippen LogP) is 5.86. The van der Waals surface area contributed by atoms with Crippen LogP contribution in [0.25, 0.3) is 22.2 Å². The molecule has 19 heteroatoms. The first-order valence-electron chi connectivity index (χ1n) is 18.1. The lowest BCUT2D eigenvalue weighted by Gasteiger charge is -2.29. The summed E-state index contributed by atoms with van der Waals surface area (Å²) in [5.74, 6) is -7.90. The summed E-state index contributed by atoms with van der Waals surface area (Å²) in [7, 11) is -3.12. The van der Waals surface area contributed by atoms with E-state index in [9.17, 15) is 27.9 Å². The molecule has 1 fully saturated rings. The summed E-state index contributed by atoms with van der Waals surface area (Å²) in [4.78, 5) is 59.9. The van der Waals surface area contributed by atoms with Gasteiger partial charge in [-0.05, 0) is 55.3 Å². The number of hydrogen-bond donors (Lipinski definition) is 4. The van der Waals surface area contributed by atoms with Crippen LogP contribution in [-0.4, -0.2) is 88.0 Å². The summed E-state index contributed by atoms with van der Waals surface area (Å²) < 4.78 is 89.6. The van der Waals surface area contributed by atoms with Gasteiger partial charge in [0.2, 0.25) is 17.5 Å². The second-order valence-corrected chi connectivity index (χ2v) is 15.3. The molecule has 3 aromatic heterocycles. The Kier molecular flexibility index (Phi) is 11.3. The molecule has 304 valence electrons. The van der Waals surface area contributed by atoms with Gasteiger partial charge in [-0.25, -0.2) is 32.5 Å². The number of benzene rings is 3. The van der Waals surface area contributed by atoms with E-state index in [2.05, 4.69) is 25.3 Å². The number of rotatable bonds is 12. The molecule has 14 nitrogen and oxygen atoms in total. The number of anilines is 3. The van der Waals surface area contributed by atoms with Gasteiger partial charge >= 0.3 is 10.2 Å². The third-order valence-electron chi connectivity index (χ3n) is 9.81. The second-order valence-electron chi connectivity index (χ2n) is 13.5. The number of nitrogens with zero attached hydrogens (tertiary/aromatic N) is 5. The SMILES string of the molecule is CCN(C)S(=O)(=O)Nc1ccc(F)c(C(=O)Nc2c(C(=O)c3ccccc3F)[nH]c3nc(C(=O)c4ccccc4F)c(-c4cnc(N5CCC(O)CC5)nc4)cc23)c1F. The number of aliphatic hydroxyl groups excluding tert-OH is 1. The molecule has 0 aliphatic carbocycles. The monoisotopic (exact) mass is 830 g/mol. The van der Waals surface area contributed by atoms with Gasteiger partial charge in [0.25, 0.3) is 5.91 Å². The van der Waals surface area contributed by atoms with Gasteiger partial charge in [0.05, 0.1) is 28.6 Å². The van der Waals surface area contributed by atoms with Crippen LogP contribution in [0.5, 0.6) is 0 Å². The first-order chi connectivity index (χ1) is 28.2. The molecule has 1 aliphatic heterocycles. The molecule has 59 heavy (non-hydrogen) atoms. The Hall–Kier alpha value is -6.57. The highest BCUT2D eigenvalue weighted by Gasteiger charge is 2.31. The van der Waals surface area contributed by atoms with E-state index in [-0.39, 0.29) is 40.0 Å². The van der Waals surface area contributed by atoms with E-state index < -0.39 is 85.3 Å². The molecule has 6 aromatic rings. The van der Waals surface area contributed by atoms with Crippen LogP contribution >= 0.6 is 0 Å². The zero-order chi connectivity index (χ0) is 42.2. The van der Waals surface area contributed by atoms with Crippen LogP contribution in [0.3, 0.4) is 0 Å². The minimum absolute atomic E-state index is 0.00574. The Morgan fingerprint density at radius 1 is 0.898 bits per heavy atom. The van der Waals surface area contributed by atoms with E-state index in [0.29, 0.717) is 37.9 Å². The van der Waals surface area contributed by atoms with Crippen LogP contribution in [0, 0.1) is 23.3 Å². The fraction of sp³-hybridized carbons (Fsp3) is 0.200. The largest absolute Gasteiger partial charge is 0.393 e. The summed E-state index contributed by atoms with van der Waals surface area (Å²) in [6.45, 7) is 2.46. The standard InChI is InChI=1S/C40H34F4N8O6S/c1-3-51(2)59(57,58)50-30-13-12-29(43)31(32(30)44)39(56)49-33-26-18-25(21-19-45-40(46-20-21)52-16-14-22(53)15-17-52)34(36(54)23-8-4-6-10-27(23)41)47-38(26)48-35(33)37(55)24-9-5-7-11-28(24)42/h4-13,18-20,22,50,53H,3,14-17H2,1-2H3,(H,47,48)(H,49,56). The molecule has 4 heterocycles. The Bertz CT molecular complexity index is 2740. The van der Waals surface area contributed by atoms with Crippen LogP contribution in [0.2, 0.25) is 0 Å². The number of aliphatic hydroxyl groups is 1. The first kappa shape index (κ1) is 40.6. The lowest BCUT2D eigenvalue weighted by atomic mass is 9.98. The zero-order valence-corrected chi connectivity index (χ0v) is 32.1. The summed E-state index contributed by atoms with van der Waals surface area (Å²) in [5.41, 5.74) is -4.24. The van der Waals surface area contributed by atoms with Crippen molar-refractivity contribution in [2.45, 2.75) is 25.9 Å². The lowest BCUT2D eigenvalue weighted by Crippen LogP contribution is -2.36. The maximum absolute atomic E-state index is 15.9. The molecule has 0 atom stereocenters. The average Bonchev–Trinajstić information content (AvgIpc) is 3.58. The number of piperidine rings is 1. The second kappa shape index (κ2) is 16.4. The Balaban J connectivity index is 1.40. The fourth-order valence-corrected chi connectivity index (χ4v) is 7.38. The number of carbonyl (C=O) groups excluding carboxylic acids is 3. The number of pyridine rings is 1. The molecule has 1 saturated heterocycles. The van der Waals surface area contributed by atoms with Crippen LogP contribution < -0.4 is 14.9 Å². The highest BCUT2D eigenvalue weighted by Crippen LogP contribution is 2.36. The quantitative estimate of drug-likeness (QED) is 0.0859. The van der Waals surface area contributed by atoms with Crippen LogP contribution in [0.15, 0.2) is 79.1 Å². The molecule has 0 saturated carbocycles. The number of nitrogens with one attached hydrogen (secondary N) is 3. The van der Waals surface area contributed by atoms with E-state index in [1.54, 1.807) is 0 Å². The Labute approximate surface area is 334 Å². The van der Waals surface area contributed by atoms with E-state index in [1.807, 2.05) is 9.62 Å². The molecule has 1 aliphatic rings. The molecule has 0 radical (unpaired) electrons. The normalized spacial score (nSPS) is 13.5. The number of H-pyrrole nitrogens is 1. The topological polar surface area (TPSA) is 191 Å². The van der Waals surface area contributed by atoms with Crippen molar-refractivity contribution in [1.29, 1.82) is 0 Å². The molecule has 0 spiro atoms. The number of aromatic nitrogens is 4. The zero-order valence-electron chi connectivity index (χ0n) is 31.3. The fourth-order valence-electron chi connectivity index (χ4n) is 6.45. The number of carbonyl (C=O) groups is 3. The van der Waals surface area contributed by atoms with Crippen molar-refractivity contribution in [3.63, 3.8) is 0 Å². The first-order valence-corrected chi connectivity index (χ1v) is 19.6. The molecule has 0 unspecified atom stereocenters. The van der Waals surface area contributed by atoms with E-state index in [4.69, 9.17) is 0 Å². The van der Waals surface area contributed by atoms with Crippen LogP contribution in [-0.2, 0) is 10.2 Å². The molecule has 7 rings (SSSR count). The number of aromatic amines is 1. The highest BCUT2D eigenvalue weighted by atomic mass is 32.2. The third-order valence-corrected chi connectivity index (χ3v) is 11.4. The van der Waals surface area contributed by atoms with Crippen molar-refractivity contribution in [2.24, 2.45) is 0 Å². The Morgan fingerprint density at radius 3 is 2.12 bits per heavy atom. The lowest BCUT2D eigenvalue weighted by molar-refractivity contribution is 0.101. The van der Waals surface area contributed by atoms with Gasteiger partial charge in [0.15, 0.2) is 5.82 Å². The number of halogens is 4. The molecule has 4 N–H and O–H groups in total. The number of fused-ring (bicyclic) bond motifs is 1. The number of ketones is 2. The summed E-state index contributed by atoms with van der Waals surface area (Å²) >= 11 is 0. The van der Waals surface area contributed by atoms with E-state index >= 15 is 17.6 Å². The van der Waals surface area contributed by atoms with Gasteiger partial charge in [-0.3, -0.25) is 19.1 Å². The van der Waals surface area contributed by atoms with Gasteiger partial charge in [-0.2, -0.15) is 12.7 Å². The van der Waals surface area contributed by atoms with Crippen molar-refractivity contribution >= 4 is 56.0 Å². The maximum atomic E-state index is 15.9. The highest BCUT2D eigenvalue weighted by molar-refractivity contribution is 7.90. The van der Waals surface area contributed by atoms with Gasteiger partial charge < -0.3 is 20.3 Å². The number of amides is 1. The van der Waals surface area contributed by atoms with Crippen LogP contribution in [0.1, 0.15) is 62.2 Å². The van der Waals surface area contributed by atoms with E-state index in [1.165, 1.54) is 62.8 Å². The predicted molar refractivity (Wildman–Crippen MR) is 209 cm³/mol. The molecule has 3 aromatic carbocycles. The summed E-state index contributed by atoms with van der Waals surface area (Å²) in [6.07, 6.45) is 3.27. The number of hydrogen-bond acceptors (Lipinski definition) is 10. The molecular weight excluding hydrogens is 797 g/mol. The Morgan fingerprint density at radius 2 is 1.51 bits per heavy atom. The van der Waals surface area contributed by atoms with Gasteiger partial charge in [-0.15, -0.1) is 0 Å². The van der Waals surface area contributed by atoms with Crippen molar-refractivity contribution in [1.82, 2.24) is 24.2 Å². The minimum atomic E-state index is -4.33. The average molecular weight is 831 g/mol. The van der Waals surface area contributed by atoms with Crippen molar-refractivity contribution in [2.75, 3.05) is 41.6 Å². The third kappa shape index (κ3) is 7.99. The summed E-state index contributed by atoms with van der Waals surface area (Å²) in [6, 6.07) is 12.8. The van der Waals surface area contributed by atoms with Gasteiger partial charge in [0.1, 0.15) is 40.1 Å². The molecule has 0 bridgehead atoms. The molecule has 1 amide bonds. The van der Waals surface area contributed by atoms with Gasteiger partial charge in [-0.1, -0.05) is 31.2 Å². The molecular formula is C40H34F4N8O6S. The van der Waals surface area contributed by atoms with Gasteiger partial charge in [0, 0.05) is 55.6 Å². The smallest absolute Gasteiger partial charge is 0.301 e.